The zero-order valence-electron chi connectivity index (χ0n) is 7.67. The van der Waals surface area contributed by atoms with Gasteiger partial charge < -0.3 is 5.32 Å². The number of nitrogens with one attached hydrogen (secondary N) is 1. The Morgan fingerprint density at radius 1 is 1.77 bits per heavy atom. The van der Waals surface area contributed by atoms with E-state index in [-0.39, 0.29) is 5.91 Å². The van der Waals surface area contributed by atoms with Gasteiger partial charge in [0.2, 0.25) is 5.91 Å². The molecular formula is C8H12IN3O. The lowest BCUT2D eigenvalue weighted by Gasteiger charge is -2.03. The zero-order chi connectivity index (χ0) is 9.84. The number of nitrogens with zero attached hydrogens (tertiary/aromatic N) is 2. The number of carbonyl (C=O) groups is 1. The van der Waals surface area contributed by atoms with Gasteiger partial charge >= 0.3 is 0 Å². The summed E-state index contributed by atoms with van der Waals surface area (Å²) in [6.07, 6.45) is 2.29. The summed E-state index contributed by atoms with van der Waals surface area (Å²) in [6.45, 7) is 2.65. The van der Waals surface area contributed by atoms with Crippen LogP contribution in [0.3, 0.4) is 0 Å². The third-order valence-electron chi connectivity index (χ3n) is 1.87. The van der Waals surface area contributed by atoms with E-state index in [2.05, 4.69) is 33.0 Å². The molecule has 0 saturated heterocycles. The maximum Gasteiger partial charge on any atom is 0.221 e. The summed E-state index contributed by atoms with van der Waals surface area (Å²) in [5.41, 5.74) is 1.12. The molecule has 1 aromatic heterocycles. The summed E-state index contributed by atoms with van der Waals surface area (Å²) in [5.74, 6) is 0.0462. The van der Waals surface area contributed by atoms with Gasteiger partial charge in [-0.05, 0) is 29.5 Å². The van der Waals surface area contributed by atoms with E-state index in [0.717, 1.165) is 9.26 Å². The molecule has 0 aliphatic heterocycles. The highest BCUT2D eigenvalue weighted by Gasteiger charge is 2.04. The average Bonchev–Trinajstić information content (AvgIpc) is 2.44. The molecule has 4 nitrogen and oxygen atoms in total. The maximum atomic E-state index is 10.9. The molecule has 5 heteroatoms. The monoisotopic (exact) mass is 293 g/mol. The van der Waals surface area contributed by atoms with Crippen LogP contribution in [-0.4, -0.2) is 22.7 Å². The molecule has 72 valence electrons. The van der Waals surface area contributed by atoms with Crippen molar-refractivity contribution in [2.24, 2.45) is 0 Å². The number of aryl methyl sites for hydroxylation is 1. The van der Waals surface area contributed by atoms with E-state index < -0.39 is 0 Å². The number of rotatable bonds is 3. The second-order valence-electron chi connectivity index (χ2n) is 2.72. The van der Waals surface area contributed by atoms with Crippen LogP contribution in [-0.2, 0) is 11.3 Å². The number of carbonyl (C=O) groups excluding carboxylic acids is 1. The fourth-order valence-corrected chi connectivity index (χ4v) is 1.38. The molecule has 0 atom stereocenters. The van der Waals surface area contributed by atoms with E-state index >= 15 is 0 Å². The normalized spacial score (nSPS) is 10.1. The first-order valence-electron chi connectivity index (χ1n) is 4.03. The Morgan fingerprint density at radius 3 is 2.92 bits per heavy atom. The van der Waals surface area contributed by atoms with E-state index in [1.54, 1.807) is 13.2 Å². The average molecular weight is 293 g/mol. The van der Waals surface area contributed by atoms with Crippen molar-refractivity contribution in [3.05, 3.63) is 15.5 Å². The molecule has 0 aromatic carbocycles. The Labute approximate surface area is 90.8 Å². The standard InChI is InChI=1S/C8H12IN3O/c1-6-7(9)5-11-12(6)4-3-8(13)10-2/h5H,3-4H2,1-2H3,(H,10,13). The minimum atomic E-state index is 0.0462. The van der Waals surface area contributed by atoms with E-state index in [1.807, 2.05) is 11.6 Å². The van der Waals surface area contributed by atoms with Gasteiger partial charge in [-0.2, -0.15) is 5.10 Å². The fraction of sp³-hybridized carbons (Fsp3) is 0.500. The van der Waals surface area contributed by atoms with Crippen molar-refractivity contribution in [1.29, 1.82) is 0 Å². The molecule has 1 aromatic rings. The van der Waals surface area contributed by atoms with Gasteiger partial charge in [-0.15, -0.1) is 0 Å². The molecule has 0 saturated carbocycles. The van der Waals surface area contributed by atoms with Crippen LogP contribution in [0.4, 0.5) is 0 Å². The van der Waals surface area contributed by atoms with Gasteiger partial charge in [0, 0.05) is 25.7 Å². The zero-order valence-corrected chi connectivity index (χ0v) is 9.83. The smallest absolute Gasteiger partial charge is 0.221 e. The Morgan fingerprint density at radius 2 is 2.46 bits per heavy atom. The molecule has 13 heavy (non-hydrogen) atoms. The number of amides is 1. The van der Waals surface area contributed by atoms with E-state index in [4.69, 9.17) is 0 Å². The Bertz CT molecular complexity index is 308. The Balaban J connectivity index is 2.55. The van der Waals surface area contributed by atoms with Crippen molar-refractivity contribution in [2.45, 2.75) is 19.9 Å². The number of aromatic nitrogens is 2. The van der Waals surface area contributed by atoms with Crippen LogP contribution in [0, 0.1) is 10.5 Å². The van der Waals surface area contributed by atoms with E-state index in [0.29, 0.717) is 13.0 Å². The second-order valence-corrected chi connectivity index (χ2v) is 3.89. The molecule has 0 aliphatic rings. The summed E-state index contributed by atoms with van der Waals surface area (Å²) in [5, 5.41) is 6.73. The van der Waals surface area contributed by atoms with Gasteiger partial charge in [0.15, 0.2) is 0 Å². The van der Waals surface area contributed by atoms with Crippen molar-refractivity contribution in [2.75, 3.05) is 7.05 Å². The highest BCUT2D eigenvalue weighted by molar-refractivity contribution is 14.1. The molecule has 1 amide bonds. The lowest BCUT2D eigenvalue weighted by Crippen LogP contribution is -2.20. The van der Waals surface area contributed by atoms with Gasteiger partial charge in [-0.3, -0.25) is 9.48 Å². The van der Waals surface area contributed by atoms with Gasteiger partial charge in [-0.1, -0.05) is 0 Å². The van der Waals surface area contributed by atoms with Crippen LogP contribution in [0.5, 0.6) is 0 Å². The van der Waals surface area contributed by atoms with Crippen LogP contribution < -0.4 is 5.32 Å². The maximum absolute atomic E-state index is 10.9. The molecule has 0 bridgehead atoms. The number of hydrogen-bond donors (Lipinski definition) is 1. The Kier molecular flexibility index (Phi) is 3.71. The third kappa shape index (κ3) is 2.68. The minimum absolute atomic E-state index is 0.0462. The third-order valence-corrected chi connectivity index (χ3v) is 2.93. The van der Waals surface area contributed by atoms with Crippen molar-refractivity contribution in [3.8, 4) is 0 Å². The van der Waals surface area contributed by atoms with Crippen molar-refractivity contribution in [1.82, 2.24) is 15.1 Å². The molecule has 0 aliphatic carbocycles. The lowest BCUT2D eigenvalue weighted by atomic mass is 10.4. The van der Waals surface area contributed by atoms with Crippen molar-refractivity contribution >= 4 is 28.5 Å². The molecular weight excluding hydrogens is 281 g/mol. The highest BCUT2D eigenvalue weighted by Crippen LogP contribution is 2.09. The molecule has 1 rings (SSSR count). The number of hydrogen-bond acceptors (Lipinski definition) is 2. The Hall–Kier alpha value is -0.590. The highest BCUT2D eigenvalue weighted by atomic mass is 127. The first kappa shape index (κ1) is 10.5. The van der Waals surface area contributed by atoms with Crippen molar-refractivity contribution in [3.63, 3.8) is 0 Å². The van der Waals surface area contributed by atoms with Crippen LogP contribution >= 0.6 is 22.6 Å². The van der Waals surface area contributed by atoms with Crippen LogP contribution in [0.1, 0.15) is 12.1 Å². The van der Waals surface area contributed by atoms with Gasteiger partial charge in [0.1, 0.15) is 0 Å². The van der Waals surface area contributed by atoms with E-state index in [9.17, 15) is 4.79 Å². The molecule has 0 unspecified atom stereocenters. The van der Waals surface area contributed by atoms with E-state index in [1.165, 1.54) is 0 Å². The van der Waals surface area contributed by atoms with Gasteiger partial charge in [0.25, 0.3) is 0 Å². The first-order valence-corrected chi connectivity index (χ1v) is 5.11. The largest absolute Gasteiger partial charge is 0.359 e. The summed E-state index contributed by atoms with van der Waals surface area (Å²) < 4.78 is 2.98. The van der Waals surface area contributed by atoms with Gasteiger partial charge in [0.05, 0.1) is 9.77 Å². The summed E-state index contributed by atoms with van der Waals surface area (Å²) >= 11 is 2.23. The van der Waals surface area contributed by atoms with Crippen LogP contribution in [0.15, 0.2) is 6.20 Å². The molecule has 1 N–H and O–H groups in total. The van der Waals surface area contributed by atoms with Crippen molar-refractivity contribution < 1.29 is 4.79 Å². The predicted molar refractivity (Wildman–Crippen MR) is 58.4 cm³/mol. The summed E-state index contributed by atoms with van der Waals surface area (Å²) in [4.78, 5) is 10.9. The van der Waals surface area contributed by atoms with Gasteiger partial charge in [-0.25, -0.2) is 0 Å². The second kappa shape index (κ2) is 4.59. The lowest BCUT2D eigenvalue weighted by molar-refractivity contribution is -0.120. The summed E-state index contributed by atoms with van der Waals surface area (Å²) in [7, 11) is 1.64. The molecule has 1 heterocycles. The fourth-order valence-electron chi connectivity index (χ4n) is 0.982. The first-order chi connectivity index (χ1) is 6.15. The molecule has 0 radical (unpaired) electrons. The quantitative estimate of drug-likeness (QED) is 0.843. The molecule has 0 fully saturated rings. The SMILES string of the molecule is CNC(=O)CCn1ncc(I)c1C. The molecule has 0 spiro atoms. The minimum Gasteiger partial charge on any atom is -0.359 e. The number of halogens is 1. The summed E-state index contributed by atoms with van der Waals surface area (Å²) in [6, 6.07) is 0. The van der Waals surface area contributed by atoms with Crippen LogP contribution in [0.25, 0.3) is 0 Å². The predicted octanol–water partition coefficient (Wildman–Crippen LogP) is 0.932. The van der Waals surface area contributed by atoms with Crippen LogP contribution in [0.2, 0.25) is 0 Å². The topological polar surface area (TPSA) is 46.9 Å².